The number of amides is 1. The van der Waals surface area contributed by atoms with E-state index in [9.17, 15) is 4.79 Å². The van der Waals surface area contributed by atoms with Crippen LogP contribution in [0.3, 0.4) is 0 Å². The van der Waals surface area contributed by atoms with Crippen LogP contribution in [0.2, 0.25) is 10.0 Å². The Labute approximate surface area is 92.4 Å². The average molecular weight is 233 g/mol. The standard InChI is InChI=1S/C9H10Cl2N2O/c1-12-8(14)5-13-7-4-2-3-6(10)9(7)11/h2-4,13H,5H2,1H3,(H,12,14). The van der Waals surface area contributed by atoms with E-state index in [-0.39, 0.29) is 12.5 Å². The summed E-state index contributed by atoms with van der Waals surface area (Å²) >= 11 is 11.7. The molecule has 0 saturated carbocycles. The molecule has 1 amide bonds. The second kappa shape index (κ2) is 5.08. The highest BCUT2D eigenvalue weighted by Crippen LogP contribution is 2.29. The van der Waals surface area contributed by atoms with Gasteiger partial charge < -0.3 is 10.6 Å². The third-order valence-corrected chi connectivity index (χ3v) is 2.49. The zero-order valence-corrected chi connectivity index (χ0v) is 9.12. The Kier molecular flexibility index (Phi) is 4.04. The van der Waals surface area contributed by atoms with Crippen molar-refractivity contribution in [2.45, 2.75) is 0 Å². The molecule has 0 atom stereocenters. The minimum Gasteiger partial charge on any atom is -0.375 e. The van der Waals surface area contributed by atoms with Gasteiger partial charge in [-0.3, -0.25) is 4.79 Å². The minimum atomic E-state index is -0.110. The molecular formula is C9H10Cl2N2O. The van der Waals surface area contributed by atoms with Crippen LogP contribution >= 0.6 is 23.2 Å². The van der Waals surface area contributed by atoms with E-state index in [2.05, 4.69) is 10.6 Å². The molecule has 0 aliphatic carbocycles. The van der Waals surface area contributed by atoms with Crippen molar-refractivity contribution in [3.8, 4) is 0 Å². The summed E-state index contributed by atoms with van der Waals surface area (Å²) in [5.41, 5.74) is 0.655. The summed E-state index contributed by atoms with van der Waals surface area (Å²) in [6.45, 7) is 0.177. The van der Waals surface area contributed by atoms with Crippen molar-refractivity contribution in [2.24, 2.45) is 0 Å². The predicted octanol–water partition coefficient (Wildman–Crippen LogP) is 2.15. The molecule has 5 heteroatoms. The van der Waals surface area contributed by atoms with E-state index in [1.54, 1.807) is 25.2 Å². The van der Waals surface area contributed by atoms with Crippen LogP contribution in [-0.4, -0.2) is 19.5 Å². The normalized spacial score (nSPS) is 9.64. The van der Waals surface area contributed by atoms with Gasteiger partial charge in [-0.15, -0.1) is 0 Å². The molecule has 1 rings (SSSR count). The Morgan fingerprint density at radius 3 is 2.79 bits per heavy atom. The third kappa shape index (κ3) is 2.79. The summed E-state index contributed by atoms with van der Waals surface area (Å²) in [7, 11) is 1.57. The van der Waals surface area contributed by atoms with Gasteiger partial charge in [-0.2, -0.15) is 0 Å². The summed E-state index contributed by atoms with van der Waals surface area (Å²) < 4.78 is 0. The topological polar surface area (TPSA) is 41.1 Å². The molecule has 0 aliphatic rings. The lowest BCUT2D eigenvalue weighted by molar-refractivity contribution is -0.118. The zero-order chi connectivity index (χ0) is 10.6. The summed E-state index contributed by atoms with van der Waals surface area (Å²) in [6.07, 6.45) is 0. The number of rotatable bonds is 3. The molecule has 0 aromatic heterocycles. The number of likely N-dealkylation sites (N-methyl/N-ethyl adjacent to an activating group) is 1. The van der Waals surface area contributed by atoms with Crippen LogP contribution < -0.4 is 10.6 Å². The van der Waals surface area contributed by atoms with Crippen molar-refractivity contribution < 1.29 is 4.79 Å². The Hall–Kier alpha value is -0.930. The molecule has 1 aromatic rings. The van der Waals surface area contributed by atoms with Gasteiger partial charge in [-0.05, 0) is 12.1 Å². The number of anilines is 1. The molecule has 3 nitrogen and oxygen atoms in total. The monoisotopic (exact) mass is 232 g/mol. The largest absolute Gasteiger partial charge is 0.375 e. The van der Waals surface area contributed by atoms with Gasteiger partial charge in [0, 0.05) is 7.05 Å². The Morgan fingerprint density at radius 1 is 1.43 bits per heavy atom. The SMILES string of the molecule is CNC(=O)CNc1cccc(Cl)c1Cl. The van der Waals surface area contributed by atoms with Crippen molar-refractivity contribution in [2.75, 3.05) is 18.9 Å². The van der Waals surface area contributed by atoms with Crippen LogP contribution in [-0.2, 0) is 4.79 Å². The quantitative estimate of drug-likeness (QED) is 0.839. The van der Waals surface area contributed by atoms with Gasteiger partial charge >= 0.3 is 0 Å². The number of carbonyl (C=O) groups is 1. The Bertz CT molecular complexity index is 342. The number of nitrogens with one attached hydrogen (secondary N) is 2. The van der Waals surface area contributed by atoms with Crippen LogP contribution in [0.5, 0.6) is 0 Å². The maximum atomic E-state index is 10.9. The van der Waals surface area contributed by atoms with Crippen molar-refractivity contribution in [3.63, 3.8) is 0 Å². The summed E-state index contributed by atoms with van der Waals surface area (Å²) in [4.78, 5) is 10.9. The van der Waals surface area contributed by atoms with Crippen LogP contribution in [0.1, 0.15) is 0 Å². The first-order chi connectivity index (χ1) is 6.65. The van der Waals surface area contributed by atoms with Gasteiger partial charge in [0.15, 0.2) is 0 Å². The molecule has 14 heavy (non-hydrogen) atoms. The van der Waals surface area contributed by atoms with E-state index >= 15 is 0 Å². The maximum Gasteiger partial charge on any atom is 0.239 e. The highest BCUT2D eigenvalue weighted by atomic mass is 35.5. The highest BCUT2D eigenvalue weighted by Gasteiger charge is 2.04. The molecule has 0 fully saturated rings. The van der Waals surface area contributed by atoms with Crippen LogP contribution in [0.25, 0.3) is 0 Å². The number of halogens is 2. The number of hydrogen-bond acceptors (Lipinski definition) is 2. The van der Waals surface area contributed by atoms with E-state index in [4.69, 9.17) is 23.2 Å². The summed E-state index contributed by atoms with van der Waals surface area (Å²) in [5, 5.41) is 6.26. The van der Waals surface area contributed by atoms with E-state index in [0.717, 1.165) is 0 Å². The average Bonchev–Trinajstić information content (AvgIpc) is 2.20. The van der Waals surface area contributed by atoms with Crippen molar-refractivity contribution in [3.05, 3.63) is 28.2 Å². The van der Waals surface area contributed by atoms with Crippen molar-refractivity contribution in [1.29, 1.82) is 0 Å². The van der Waals surface area contributed by atoms with Gasteiger partial charge in [0.2, 0.25) is 5.91 Å². The van der Waals surface area contributed by atoms with Crippen LogP contribution in [0.15, 0.2) is 18.2 Å². The van der Waals surface area contributed by atoms with Gasteiger partial charge in [-0.25, -0.2) is 0 Å². The second-order valence-corrected chi connectivity index (χ2v) is 3.41. The fourth-order valence-corrected chi connectivity index (χ4v) is 1.27. The molecular weight excluding hydrogens is 223 g/mol. The minimum absolute atomic E-state index is 0.110. The zero-order valence-electron chi connectivity index (χ0n) is 7.60. The number of hydrogen-bond donors (Lipinski definition) is 2. The van der Waals surface area contributed by atoms with Crippen LogP contribution in [0.4, 0.5) is 5.69 Å². The molecule has 0 spiro atoms. The molecule has 0 unspecified atom stereocenters. The fraction of sp³-hybridized carbons (Fsp3) is 0.222. The molecule has 0 bridgehead atoms. The third-order valence-electron chi connectivity index (χ3n) is 1.67. The van der Waals surface area contributed by atoms with E-state index < -0.39 is 0 Å². The first-order valence-corrected chi connectivity index (χ1v) is 4.79. The van der Waals surface area contributed by atoms with Gasteiger partial charge in [-0.1, -0.05) is 29.3 Å². The van der Waals surface area contributed by atoms with Gasteiger partial charge in [0.1, 0.15) is 0 Å². The number of benzene rings is 1. The molecule has 0 saturated heterocycles. The summed E-state index contributed by atoms with van der Waals surface area (Å²) in [5.74, 6) is -0.110. The highest BCUT2D eigenvalue weighted by molar-refractivity contribution is 6.43. The van der Waals surface area contributed by atoms with Crippen molar-refractivity contribution >= 4 is 34.8 Å². The molecule has 76 valence electrons. The lowest BCUT2D eigenvalue weighted by Crippen LogP contribution is -2.26. The predicted molar refractivity (Wildman–Crippen MR) is 59.0 cm³/mol. The summed E-state index contributed by atoms with van der Waals surface area (Å²) in [6, 6.07) is 5.21. The van der Waals surface area contributed by atoms with E-state index in [0.29, 0.717) is 15.7 Å². The smallest absolute Gasteiger partial charge is 0.239 e. The first kappa shape index (κ1) is 11.1. The second-order valence-electron chi connectivity index (χ2n) is 2.63. The molecule has 0 heterocycles. The lowest BCUT2D eigenvalue weighted by atomic mass is 10.3. The maximum absolute atomic E-state index is 10.9. The fourth-order valence-electron chi connectivity index (χ4n) is 0.904. The molecule has 0 aliphatic heterocycles. The number of carbonyl (C=O) groups excluding carboxylic acids is 1. The molecule has 2 N–H and O–H groups in total. The molecule has 0 radical (unpaired) electrons. The van der Waals surface area contributed by atoms with Crippen LogP contribution in [0, 0.1) is 0 Å². The Morgan fingerprint density at radius 2 is 2.14 bits per heavy atom. The van der Waals surface area contributed by atoms with E-state index in [1.807, 2.05) is 0 Å². The van der Waals surface area contributed by atoms with E-state index in [1.165, 1.54) is 0 Å². The van der Waals surface area contributed by atoms with Gasteiger partial charge in [0.05, 0.1) is 22.3 Å². The lowest BCUT2D eigenvalue weighted by Gasteiger charge is -2.07. The van der Waals surface area contributed by atoms with Gasteiger partial charge in [0.25, 0.3) is 0 Å². The van der Waals surface area contributed by atoms with Crippen molar-refractivity contribution in [1.82, 2.24) is 5.32 Å². The first-order valence-electron chi connectivity index (χ1n) is 4.03. The molecule has 1 aromatic carbocycles. The Balaban J connectivity index is 2.68.